The third kappa shape index (κ3) is 6.04. The molecule has 0 saturated carbocycles. The van der Waals surface area contributed by atoms with Crippen molar-refractivity contribution in [1.29, 1.82) is 0 Å². The molecule has 1 aliphatic rings. The third-order valence-electron chi connectivity index (χ3n) is 2.84. The van der Waals surface area contributed by atoms with Gasteiger partial charge in [0.15, 0.2) is 0 Å². The molecule has 106 valence electrons. The Balaban J connectivity index is 2.07. The van der Waals surface area contributed by atoms with Crippen LogP contribution in [0.3, 0.4) is 0 Å². The van der Waals surface area contributed by atoms with E-state index in [1.54, 1.807) is 11.8 Å². The molecule has 1 saturated heterocycles. The van der Waals surface area contributed by atoms with E-state index in [0.29, 0.717) is 26.3 Å². The number of hydrogen-bond donors (Lipinski definition) is 2. The van der Waals surface area contributed by atoms with Crippen molar-refractivity contribution in [2.75, 3.05) is 51.0 Å². The Hall–Kier alpha value is -0.300. The van der Waals surface area contributed by atoms with Gasteiger partial charge in [-0.2, -0.15) is 11.8 Å². The Morgan fingerprint density at radius 2 is 2.17 bits per heavy atom. The highest BCUT2D eigenvalue weighted by atomic mass is 32.2. The number of aliphatic hydroxyl groups excluding tert-OH is 1. The second-order valence-corrected chi connectivity index (χ2v) is 5.53. The number of amides is 1. The predicted molar refractivity (Wildman–Crippen MR) is 73.9 cm³/mol. The quantitative estimate of drug-likeness (QED) is 0.608. The maximum absolute atomic E-state index is 12.0. The fourth-order valence-electron chi connectivity index (χ4n) is 1.76. The number of carbonyl (C=O) groups is 1. The number of nitrogens with zero attached hydrogens (tertiary/aromatic N) is 1. The molecule has 0 aromatic heterocycles. The molecule has 0 spiro atoms. The van der Waals surface area contributed by atoms with E-state index in [1.165, 1.54) is 0 Å². The van der Waals surface area contributed by atoms with E-state index in [2.05, 4.69) is 5.32 Å². The van der Waals surface area contributed by atoms with Gasteiger partial charge in [-0.25, -0.2) is 0 Å². The SMILES string of the molecule is CC(NCCSCCCO)C(=O)N1CCOCC1. The number of ether oxygens (including phenoxy) is 1. The van der Waals surface area contributed by atoms with Gasteiger partial charge in [0.05, 0.1) is 19.3 Å². The average Bonchev–Trinajstić information content (AvgIpc) is 2.42. The fraction of sp³-hybridized carbons (Fsp3) is 0.917. The standard InChI is InChI=1S/C12H24N2O3S/c1-11(13-3-10-18-9-2-6-15)12(16)14-4-7-17-8-5-14/h11,13,15H,2-10H2,1H3. The Morgan fingerprint density at radius 1 is 1.44 bits per heavy atom. The molecule has 1 fully saturated rings. The summed E-state index contributed by atoms with van der Waals surface area (Å²) in [7, 11) is 0. The second kappa shape index (κ2) is 9.61. The Kier molecular flexibility index (Phi) is 8.41. The smallest absolute Gasteiger partial charge is 0.239 e. The molecule has 0 radical (unpaired) electrons. The van der Waals surface area contributed by atoms with Crippen LogP contribution in [0.4, 0.5) is 0 Å². The van der Waals surface area contributed by atoms with Crippen LogP contribution < -0.4 is 5.32 Å². The first-order valence-electron chi connectivity index (χ1n) is 6.54. The lowest BCUT2D eigenvalue weighted by molar-refractivity contribution is -0.137. The number of carbonyl (C=O) groups excluding carboxylic acids is 1. The number of nitrogens with one attached hydrogen (secondary N) is 1. The third-order valence-corrected chi connectivity index (χ3v) is 3.91. The molecule has 5 nitrogen and oxygen atoms in total. The van der Waals surface area contributed by atoms with Gasteiger partial charge >= 0.3 is 0 Å². The summed E-state index contributed by atoms with van der Waals surface area (Å²) in [5, 5.41) is 11.9. The first-order chi connectivity index (χ1) is 8.75. The number of morpholine rings is 1. The number of rotatable bonds is 8. The van der Waals surface area contributed by atoms with Crippen molar-refractivity contribution in [2.45, 2.75) is 19.4 Å². The van der Waals surface area contributed by atoms with Crippen molar-refractivity contribution in [3.63, 3.8) is 0 Å². The molecule has 1 atom stereocenters. The highest BCUT2D eigenvalue weighted by molar-refractivity contribution is 7.99. The number of aliphatic hydroxyl groups is 1. The van der Waals surface area contributed by atoms with Gasteiger partial charge in [0.2, 0.25) is 5.91 Å². The van der Waals surface area contributed by atoms with E-state index in [0.717, 1.165) is 24.5 Å². The zero-order chi connectivity index (χ0) is 13.2. The molecule has 1 amide bonds. The summed E-state index contributed by atoms with van der Waals surface area (Å²) in [5.74, 6) is 2.11. The molecule has 1 unspecified atom stereocenters. The van der Waals surface area contributed by atoms with Gasteiger partial charge in [-0.1, -0.05) is 0 Å². The molecule has 0 aromatic rings. The van der Waals surface area contributed by atoms with Crippen molar-refractivity contribution < 1.29 is 14.6 Å². The lowest BCUT2D eigenvalue weighted by Crippen LogP contribution is -2.49. The minimum atomic E-state index is -0.124. The number of hydrogen-bond acceptors (Lipinski definition) is 5. The summed E-state index contributed by atoms with van der Waals surface area (Å²) >= 11 is 1.80. The molecule has 0 aromatic carbocycles. The van der Waals surface area contributed by atoms with Crippen LogP contribution in [0.25, 0.3) is 0 Å². The van der Waals surface area contributed by atoms with E-state index in [1.807, 2.05) is 11.8 Å². The Morgan fingerprint density at radius 3 is 2.83 bits per heavy atom. The lowest BCUT2D eigenvalue weighted by atomic mass is 10.2. The van der Waals surface area contributed by atoms with E-state index in [-0.39, 0.29) is 18.6 Å². The topological polar surface area (TPSA) is 61.8 Å². The number of thioether (sulfide) groups is 1. The molecular formula is C12H24N2O3S. The molecule has 1 rings (SSSR count). The Bertz CT molecular complexity index is 235. The van der Waals surface area contributed by atoms with Crippen molar-refractivity contribution in [1.82, 2.24) is 10.2 Å². The average molecular weight is 276 g/mol. The van der Waals surface area contributed by atoms with Gasteiger partial charge in [-0.3, -0.25) is 4.79 Å². The van der Waals surface area contributed by atoms with Crippen LogP contribution in [0.5, 0.6) is 0 Å². The second-order valence-electron chi connectivity index (χ2n) is 4.30. The molecular weight excluding hydrogens is 252 g/mol. The summed E-state index contributed by atoms with van der Waals surface area (Å²) in [6.07, 6.45) is 0.840. The molecule has 6 heteroatoms. The van der Waals surface area contributed by atoms with E-state index >= 15 is 0 Å². The minimum absolute atomic E-state index is 0.124. The minimum Gasteiger partial charge on any atom is -0.396 e. The van der Waals surface area contributed by atoms with Crippen molar-refractivity contribution in [2.24, 2.45) is 0 Å². The molecule has 1 aliphatic heterocycles. The molecule has 1 heterocycles. The maximum atomic E-state index is 12.0. The van der Waals surface area contributed by atoms with Crippen molar-refractivity contribution >= 4 is 17.7 Å². The fourth-order valence-corrected chi connectivity index (χ4v) is 2.56. The van der Waals surface area contributed by atoms with Crippen molar-refractivity contribution in [3.8, 4) is 0 Å². The predicted octanol–water partition coefficient (Wildman–Crippen LogP) is -0.0611. The van der Waals surface area contributed by atoms with Gasteiger partial charge < -0.3 is 20.1 Å². The lowest BCUT2D eigenvalue weighted by Gasteiger charge is -2.29. The first kappa shape index (κ1) is 15.8. The molecule has 0 aliphatic carbocycles. The van der Waals surface area contributed by atoms with Crippen molar-refractivity contribution in [3.05, 3.63) is 0 Å². The van der Waals surface area contributed by atoms with Gasteiger partial charge in [0.1, 0.15) is 0 Å². The van der Waals surface area contributed by atoms with E-state index < -0.39 is 0 Å². The van der Waals surface area contributed by atoms with Crippen LogP contribution in [0, 0.1) is 0 Å². The van der Waals surface area contributed by atoms with E-state index in [9.17, 15) is 4.79 Å². The van der Waals surface area contributed by atoms with Crippen LogP contribution in [0.2, 0.25) is 0 Å². The summed E-state index contributed by atoms with van der Waals surface area (Å²) in [6, 6.07) is -0.124. The van der Waals surface area contributed by atoms with Gasteiger partial charge in [0, 0.05) is 32.0 Å². The van der Waals surface area contributed by atoms with Crippen LogP contribution >= 0.6 is 11.8 Å². The summed E-state index contributed by atoms with van der Waals surface area (Å²) in [4.78, 5) is 13.9. The molecule has 2 N–H and O–H groups in total. The molecule has 0 bridgehead atoms. The summed E-state index contributed by atoms with van der Waals surface area (Å²) in [6.45, 7) is 5.70. The normalized spacial score (nSPS) is 17.8. The van der Waals surface area contributed by atoms with Gasteiger partial charge in [0.25, 0.3) is 0 Å². The van der Waals surface area contributed by atoms with Gasteiger partial charge in [-0.05, 0) is 19.1 Å². The van der Waals surface area contributed by atoms with Crippen LogP contribution in [0.15, 0.2) is 0 Å². The van der Waals surface area contributed by atoms with Gasteiger partial charge in [-0.15, -0.1) is 0 Å². The zero-order valence-corrected chi connectivity index (χ0v) is 11.9. The largest absolute Gasteiger partial charge is 0.396 e. The summed E-state index contributed by atoms with van der Waals surface area (Å²) < 4.78 is 5.23. The first-order valence-corrected chi connectivity index (χ1v) is 7.69. The maximum Gasteiger partial charge on any atom is 0.239 e. The molecule has 18 heavy (non-hydrogen) atoms. The monoisotopic (exact) mass is 276 g/mol. The zero-order valence-electron chi connectivity index (χ0n) is 11.1. The van der Waals surface area contributed by atoms with E-state index in [4.69, 9.17) is 9.84 Å². The van der Waals surface area contributed by atoms with Crippen LogP contribution in [-0.2, 0) is 9.53 Å². The Labute approximate surface area is 113 Å². The summed E-state index contributed by atoms with van der Waals surface area (Å²) in [5.41, 5.74) is 0. The highest BCUT2D eigenvalue weighted by Gasteiger charge is 2.21. The van der Waals surface area contributed by atoms with Crippen LogP contribution in [0.1, 0.15) is 13.3 Å². The van der Waals surface area contributed by atoms with Crippen LogP contribution in [-0.4, -0.2) is 72.9 Å². The highest BCUT2D eigenvalue weighted by Crippen LogP contribution is 2.02.